The number of esters is 1. The van der Waals surface area contributed by atoms with Crippen LogP contribution in [0.4, 0.5) is 14.5 Å². The van der Waals surface area contributed by atoms with Crippen LogP contribution in [-0.2, 0) is 16.0 Å². The molecule has 2 aromatic rings. The van der Waals surface area contributed by atoms with E-state index in [1.165, 1.54) is 23.5 Å². The van der Waals surface area contributed by atoms with Gasteiger partial charge in [0.15, 0.2) is 6.61 Å². The molecule has 1 aromatic heterocycles. The van der Waals surface area contributed by atoms with Gasteiger partial charge >= 0.3 is 5.97 Å². The lowest BCUT2D eigenvalue weighted by atomic mass is 10.2. The van der Waals surface area contributed by atoms with Crippen LogP contribution < -0.4 is 5.32 Å². The predicted molar refractivity (Wildman–Crippen MR) is 95.6 cm³/mol. The van der Waals surface area contributed by atoms with Gasteiger partial charge in [0.1, 0.15) is 4.88 Å². The van der Waals surface area contributed by atoms with Crippen molar-refractivity contribution in [2.75, 3.05) is 11.9 Å². The molecule has 0 aliphatic rings. The topological polar surface area (TPSA) is 55.4 Å². The second kappa shape index (κ2) is 8.96. The highest BCUT2D eigenvalue weighted by Crippen LogP contribution is 2.31. The van der Waals surface area contributed by atoms with Crippen LogP contribution in [0.2, 0.25) is 0 Å². The minimum absolute atomic E-state index is 0.249. The number of carbonyl (C=O) groups excluding carboxylic acids is 2. The molecule has 4 nitrogen and oxygen atoms in total. The van der Waals surface area contributed by atoms with Gasteiger partial charge in [0.2, 0.25) is 0 Å². The Hall–Kier alpha value is -1.93. The number of hydrogen-bond donors (Lipinski definition) is 1. The summed E-state index contributed by atoms with van der Waals surface area (Å²) in [5, 5.41) is 2.48. The summed E-state index contributed by atoms with van der Waals surface area (Å²) in [6.07, 6.45) is 0.814. The first-order chi connectivity index (χ1) is 11.9. The number of ether oxygens (including phenoxy) is 1. The van der Waals surface area contributed by atoms with Crippen LogP contribution in [0.5, 0.6) is 0 Å². The van der Waals surface area contributed by atoms with E-state index in [-0.39, 0.29) is 10.6 Å². The van der Waals surface area contributed by atoms with E-state index in [1.807, 2.05) is 13.8 Å². The Morgan fingerprint density at radius 3 is 2.68 bits per heavy atom. The molecule has 0 saturated heterocycles. The van der Waals surface area contributed by atoms with Gasteiger partial charge < -0.3 is 10.1 Å². The number of aryl methyl sites for hydroxylation is 2. The Balaban J connectivity index is 1.93. The van der Waals surface area contributed by atoms with Crippen LogP contribution in [0.15, 0.2) is 35.2 Å². The van der Waals surface area contributed by atoms with Crippen molar-refractivity contribution in [2.45, 2.75) is 30.9 Å². The molecule has 1 aromatic carbocycles. The second-order valence-corrected chi connectivity index (χ2v) is 7.33. The van der Waals surface area contributed by atoms with E-state index in [1.54, 1.807) is 18.2 Å². The average molecular weight is 385 g/mol. The number of carbonyl (C=O) groups is 2. The van der Waals surface area contributed by atoms with Gasteiger partial charge in [0.25, 0.3) is 11.7 Å². The van der Waals surface area contributed by atoms with Crippen LogP contribution in [0.1, 0.15) is 27.0 Å². The Morgan fingerprint density at radius 2 is 2.04 bits per heavy atom. The number of thioether (sulfide) groups is 1. The molecule has 1 heterocycles. The zero-order valence-corrected chi connectivity index (χ0v) is 15.3. The largest absolute Gasteiger partial charge is 0.451 e. The number of nitrogens with one attached hydrogen (secondary N) is 1. The van der Waals surface area contributed by atoms with Gasteiger partial charge in [-0.1, -0.05) is 30.8 Å². The molecule has 8 heteroatoms. The molecule has 0 aliphatic heterocycles. The molecule has 25 heavy (non-hydrogen) atoms. The molecular weight excluding hydrogens is 368 g/mol. The summed E-state index contributed by atoms with van der Waals surface area (Å²) >= 11 is 1.66. The second-order valence-electron chi connectivity index (χ2n) is 5.04. The van der Waals surface area contributed by atoms with E-state index in [9.17, 15) is 18.4 Å². The fourth-order valence-corrected chi connectivity index (χ4v) is 3.73. The zero-order chi connectivity index (χ0) is 18.4. The molecule has 2 rings (SSSR count). The molecule has 0 fully saturated rings. The summed E-state index contributed by atoms with van der Waals surface area (Å²) in [6.45, 7) is 3.43. The maximum atomic E-state index is 12.5. The van der Waals surface area contributed by atoms with E-state index in [4.69, 9.17) is 4.74 Å². The molecule has 0 saturated carbocycles. The Labute approximate surface area is 152 Å². The normalized spacial score (nSPS) is 10.8. The molecule has 1 N–H and O–H groups in total. The van der Waals surface area contributed by atoms with Gasteiger partial charge in [-0.25, -0.2) is 4.79 Å². The van der Waals surface area contributed by atoms with Crippen molar-refractivity contribution in [3.63, 3.8) is 0 Å². The van der Waals surface area contributed by atoms with Crippen molar-refractivity contribution >= 4 is 40.7 Å². The van der Waals surface area contributed by atoms with Crippen LogP contribution in [-0.4, -0.2) is 24.2 Å². The fraction of sp³-hybridized carbons (Fsp3) is 0.294. The van der Waals surface area contributed by atoms with Crippen LogP contribution in [0.3, 0.4) is 0 Å². The molecule has 0 radical (unpaired) electrons. The maximum absolute atomic E-state index is 12.5. The lowest BCUT2D eigenvalue weighted by molar-refractivity contribution is -0.119. The number of anilines is 1. The predicted octanol–water partition coefficient (Wildman–Crippen LogP) is 4.73. The maximum Gasteiger partial charge on any atom is 0.348 e. The van der Waals surface area contributed by atoms with E-state index in [0.29, 0.717) is 16.6 Å². The van der Waals surface area contributed by atoms with Gasteiger partial charge in [-0.2, -0.15) is 8.78 Å². The number of thiophene rings is 1. The number of para-hydroxylation sites is 1. The smallest absolute Gasteiger partial charge is 0.348 e. The SMILES string of the molecule is CCc1cc(C(=O)OCC(=O)Nc2ccccc2SC(F)F)sc1C. The first kappa shape index (κ1) is 19.4. The number of halogens is 2. The highest BCUT2D eigenvalue weighted by molar-refractivity contribution is 7.99. The number of rotatable bonds is 7. The summed E-state index contributed by atoms with van der Waals surface area (Å²) in [4.78, 5) is 25.7. The zero-order valence-electron chi connectivity index (χ0n) is 13.7. The van der Waals surface area contributed by atoms with Crippen molar-refractivity contribution in [1.29, 1.82) is 0 Å². The van der Waals surface area contributed by atoms with Crippen molar-refractivity contribution in [3.05, 3.63) is 45.6 Å². The standard InChI is InChI=1S/C17H17F2NO3S2/c1-3-11-8-14(24-10(11)2)16(22)23-9-15(21)20-12-6-4-5-7-13(12)25-17(18)19/h4-8,17H,3,9H2,1-2H3,(H,20,21). The fourth-order valence-electron chi connectivity index (χ4n) is 2.13. The molecular formula is C17H17F2NO3S2. The summed E-state index contributed by atoms with van der Waals surface area (Å²) in [6, 6.07) is 7.98. The molecule has 0 bridgehead atoms. The quantitative estimate of drug-likeness (QED) is 0.553. The molecule has 134 valence electrons. The van der Waals surface area contributed by atoms with Gasteiger partial charge in [0, 0.05) is 9.77 Å². The van der Waals surface area contributed by atoms with Crippen molar-refractivity contribution in [1.82, 2.24) is 0 Å². The Kier molecular flexibility index (Phi) is 6.95. The van der Waals surface area contributed by atoms with Gasteiger partial charge in [-0.15, -0.1) is 11.3 Å². The lowest BCUT2D eigenvalue weighted by Gasteiger charge is -2.10. The minimum atomic E-state index is -2.59. The van der Waals surface area contributed by atoms with Crippen molar-refractivity contribution in [3.8, 4) is 0 Å². The molecule has 0 unspecified atom stereocenters. The molecule has 0 atom stereocenters. The van der Waals surface area contributed by atoms with E-state index < -0.39 is 24.2 Å². The van der Waals surface area contributed by atoms with Crippen LogP contribution >= 0.6 is 23.1 Å². The number of alkyl halides is 2. The Morgan fingerprint density at radius 1 is 1.32 bits per heavy atom. The first-order valence-electron chi connectivity index (χ1n) is 7.50. The van der Waals surface area contributed by atoms with E-state index in [2.05, 4.69) is 5.32 Å². The molecule has 0 spiro atoms. The van der Waals surface area contributed by atoms with Gasteiger partial charge in [0.05, 0.1) is 5.69 Å². The van der Waals surface area contributed by atoms with E-state index >= 15 is 0 Å². The van der Waals surface area contributed by atoms with Crippen LogP contribution in [0.25, 0.3) is 0 Å². The summed E-state index contributed by atoms with van der Waals surface area (Å²) in [5.74, 6) is -3.75. The minimum Gasteiger partial charge on any atom is -0.451 e. The lowest BCUT2D eigenvalue weighted by Crippen LogP contribution is -2.21. The third-order valence-corrected chi connectivity index (χ3v) is 5.18. The van der Waals surface area contributed by atoms with Crippen molar-refractivity contribution in [2.24, 2.45) is 0 Å². The summed E-state index contributed by atoms with van der Waals surface area (Å²) in [7, 11) is 0. The highest BCUT2D eigenvalue weighted by atomic mass is 32.2. The Bertz CT molecular complexity index is 762. The number of amides is 1. The number of hydrogen-bond acceptors (Lipinski definition) is 5. The third-order valence-electron chi connectivity index (χ3n) is 3.31. The van der Waals surface area contributed by atoms with Crippen LogP contribution in [0, 0.1) is 6.92 Å². The van der Waals surface area contributed by atoms with Gasteiger partial charge in [-0.05, 0) is 37.1 Å². The monoisotopic (exact) mass is 385 g/mol. The summed E-state index contributed by atoms with van der Waals surface area (Å²) < 4.78 is 30.1. The number of benzene rings is 1. The molecule has 0 aliphatic carbocycles. The third kappa shape index (κ3) is 5.54. The highest BCUT2D eigenvalue weighted by Gasteiger charge is 2.16. The summed E-state index contributed by atoms with van der Waals surface area (Å²) in [5.41, 5.74) is 1.33. The van der Waals surface area contributed by atoms with E-state index in [0.717, 1.165) is 16.9 Å². The van der Waals surface area contributed by atoms with Gasteiger partial charge in [-0.3, -0.25) is 4.79 Å². The molecule has 1 amide bonds. The van der Waals surface area contributed by atoms with Crippen molar-refractivity contribution < 1.29 is 23.1 Å². The average Bonchev–Trinajstić information content (AvgIpc) is 2.95. The first-order valence-corrected chi connectivity index (χ1v) is 9.20.